The van der Waals surface area contributed by atoms with Gasteiger partial charge in [0.05, 0.1) is 0 Å². The van der Waals surface area contributed by atoms with Crippen LogP contribution in [0.4, 0.5) is 5.69 Å². The van der Waals surface area contributed by atoms with Gasteiger partial charge in [0.25, 0.3) is 11.8 Å². The van der Waals surface area contributed by atoms with Crippen molar-refractivity contribution >= 4 is 29.1 Å². The molecule has 1 fully saturated rings. The Morgan fingerprint density at radius 3 is 2.31 bits per heavy atom. The summed E-state index contributed by atoms with van der Waals surface area (Å²) in [5, 5.41) is 6.47. The molecule has 154 valence electrons. The summed E-state index contributed by atoms with van der Waals surface area (Å²) in [4.78, 5) is 27.0. The second kappa shape index (κ2) is 9.76. The lowest BCUT2D eigenvalue weighted by atomic mass is 10.0. The largest absolute Gasteiger partial charge is 0.481 e. The fourth-order valence-corrected chi connectivity index (χ4v) is 3.27. The van der Waals surface area contributed by atoms with Crippen LogP contribution in [0.3, 0.4) is 0 Å². The summed E-state index contributed by atoms with van der Waals surface area (Å²) in [6.45, 7) is 3.66. The van der Waals surface area contributed by atoms with E-state index in [1.165, 1.54) is 0 Å². The van der Waals surface area contributed by atoms with Crippen LogP contribution in [-0.2, 0) is 4.79 Å². The van der Waals surface area contributed by atoms with Crippen LogP contribution in [0.25, 0.3) is 0 Å². The van der Waals surface area contributed by atoms with E-state index in [0.717, 1.165) is 25.9 Å². The second-order valence-electron chi connectivity index (χ2n) is 7.33. The van der Waals surface area contributed by atoms with Gasteiger partial charge >= 0.3 is 0 Å². The third-order valence-corrected chi connectivity index (χ3v) is 5.22. The Kier molecular flexibility index (Phi) is 7.12. The van der Waals surface area contributed by atoms with Crippen molar-refractivity contribution in [1.82, 2.24) is 10.2 Å². The number of nitrogens with zero attached hydrogens (tertiary/aromatic N) is 1. The molecule has 0 saturated carbocycles. The summed E-state index contributed by atoms with van der Waals surface area (Å²) < 4.78 is 5.69. The number of carbonyl (C=O) groups is 2. The molecule has 29 heavy (non-hydrogen) atoms. The Labute approximate surface area is 176 Å². The van der Waals surface area contributed by atoms with E-state index in [-0.39, 0.29) is 17.9 Å². The minimum atomic E-state index is -0.690. The number of hydrogen-bond acceptors (Lipinski definition) is 4. The van der Waals surface area contributed by atoms with Crippen LogP contribution in [0.15, 0.2) is 48.5 Å². The number of amides is 2. The predicted octanol–water partition coefficient (Wildman–Crippen LogP) is 3.57. The molecule has 1 atom stereocenters. The first-order valence-electron chi connectivity index (χ1n) is 9.73. The summed E-state index contributed by atoms with van der Waals surface area (Å²) in [6, 6.07) is 13.9. The number of carbonyl (C=O) groups excluding carboxylic acids is 2. The molecule has 0 aliphatic carbocycles. The molecular weight excluding hydrogens is 390 g/mol. The number of anilines is 1. The third kappa shape index (κ3) is 6.21. The van der Waals surface area contributed by atoms with Crippen LogP contribution < -0.4 is 15.4 Å². The molecule has 3 rings (SSSR count). The normalized spacial score (nSPS) is 16.1. The lowest BCUT2D eigenvalue weighted by Crippen LogP contribution is -2.43. The SMILES string of the molecule is CC(Oc1ccc(C(=O)NC2CCN(C)CC2)cc1)C(=O)Nc1ccc(Cl)cc1. The first-order chi connectivity index (χ1) is 13.9. The Balaban J connectivity index is 1.50. The number of hydrogen-bond donors (Lipinski definition) is 2. The molecule has 6 nitrogen and oxygen atoms in total. The van der Waals surface area contributed by atoms with Gasteiger partial charge in [-0.05, 0) is 88.4 Å². The second-order valence-corrected chi connectivity index (χ2v) is 7.77. The number of piperidine rings is 1. The first kappa shape index (κ1) is 21.1. The summed E-state index contributed by atoms with van der Waals surface area (Å²) in [6.07, 6.45) is 1.23. The van der Waals surface area contributed by atoms with Gasteiger partial charge in [0.1, 0.15) is 5.75 Å². The van der Waals surface area contributed by atoms with Gasteiger partial charge in [0, 0.05) is 22.3 Å². The number of rotatable bonds is 6. The average molecular weight is 416 g/mol. The molecule has 1 heterocycles. The van der Waals surface area contributed by atoms with Crippen molar-refractivity contribution in [2.24, 2.45) is 0 Å². The molecule has 2 N–H and O–H groups in total. The van der Waals surface area contributed by atoms with E-state index in [9.17, 15) is 9.59 Å². The lowest BCUT2D eigenvalue weighted by Gasteiger charge is -2.29. The lowest BCUT2D eigenvalue weighted by molar-refractivity contribution is -0.122. The maximum Gasteiger partial charge on any atom is 0.265 e. The summed E-state index contributed by atoms with van der Waals surface area (Å²) in [7, 11) is 2.09. The molecule has 0 radical (unpaired) electrons. The van der Waals surface area contributed by atoms with Crippen molar-refractivity contribution in [2.75, 3.05) is 25.5 Å². The van der Waals surface area contributed by atoms with Crippen molar-refractivity contribution in [2.45, 2.75) is 31.9 Å². The molecule has 2 aromatic rings. The van der Waals surface area contributed by atoms with E-state index in [2.05, 4.69) is 22.6 Å². The standard InChI is InChI=1S/C22H26ClN3O3/c1-15(21(27)24-18-7-5-17(23)6-8-18)29-20-9-3-16(4-10-20)22(28)25-19-11-13-26(2)14-12-19/h3-10,15,19H,11-14H2,1-2H3,(H,24,27)(H,25,28). The van der Waals surface area contributed by atoms with Gasteiger partial charge in [-0.3, -0.25) is 9.59 Å². The molecule has 1 saturated heterocycles. The third-order valence-electron chi connectivity index (χ3n) is 4.96. The predicted molar refractivity (Wildman–Crippen MR) is 115 cm³/mol. The highest BCUT2D eigenvalue weighted by Crippen LogP contribution is 2.17. The summed E-state index contributed by atoms with van der Waals surface area (Å²) >= 11 is 5.85. The van der Waals surface area contributed by atoms with Gasteiger partial charge in [-0.25, -0.2) is 0 Å². The van der Waals surface area contributed by atoms with E-state index in [1.54, 1.807) is 55.5 Å². The van der Waals surface area contributed by atoms with E-state index in [1.807, 2.05) is 0 Å². The maximum atomic E-state index is 12.4. The highest BCUT2D eigenvalue weighted by Gasteiger charge is 2.19. The summed E-state index contributed by atoms with van der Waals surface area (Å²) in [5.74, 6) is 0.177. The molecule has 1 aliphatic heterocycles. The van der Waals surface area contributed by atoms with E-state index in [4.69, 9.17) is 16.3 Å². The van der Waals surface area contributed by atoms with Crippen LogP contribution in [0.5, 0.6) is 5.75 Å². The molecule has 2 amide bonds. The zero-order valence-electron chi connectivity index (χ0n) is 16.7. The van der Waals surface area contributed by atoms with Crippen molar-refractivity contribution in [3.8, 4) is 5.75 Å². The number of halogens is 1. The molecule has 0 spiro atoms. The highest BCUT2D eigenvalue weighted by molar-refractivity contribution is 6.30. The molecule has 0 aromatic heterocycles. The molecule has 7 heteroatoms. The van der Waals surface area contributed by atoms with Crippen LogP contribution in [-0.4, -0.2) is 49.0 Å². The van der Waals surface area contributed by atoms with E-state index >= 15 is 0 Å². The van der Waals surface area contributed by atoms with Gasteiger partial charge in [-0.15, -0.1) is 0 Å². The number of benzene rings is 2. The molecule has 1 aliphatic rings. The van der Waals surface area contributed by atoms with Crippen molar-refractivity contribution < 1.29 is 14.3 Å². The van der Waals surface area contributed by atoms with Crippen LogP contribution >= 0.6 is 11.6 Å². The smallest absolute Gasteiger partial charge is 0.265 e. The van der Waals surface area contributed by atoms with Gasteiger partial charge < -0.3 is 20.3 Å². The maximum absolute atomic E-state index is 12.4. The fraction of sp³-hybridized carbons (Fsp3) is 0.364. The number of nitrogens with one attached hydrogen (secondary N) is 2. The first-order valence-corrected chi connectivity index (χ1v) is 10.1. The van der Waals surface area contributed by atoms with Crippen LogP contribution in [0, 0.1) is 0 Å². The Morgan fingerprint density at radius 1 is 1.07 bits per heavy atom. The topological polar surface area (TPSA) is 70.7 Å². The Morgan fingerprint density at radius 2 is 1.69 bits per heavy atom. The van der Waals surface area contributed by atoms with E-state index in [0.29, 0.717) is 22.0 Å². The molecule has 1 unspecified atom stereocenters. The fourth-order valence-electron chi connectivity index (χ4n) is 3.14. The Bertz CT molecular complexity index is 831. The zero-order valence-corrected chi connectivity index (χ0v) is 17.4. The highest BCUT2D eigenvalue weighted by atomic mass is 35.5. The number of likely N-dealkylation sites (tertiary alicyclic amines) is 1. The average Bonchev–Trinajstić information content (AvgIpc) is 2.72. The van der Waals surface area contributed by atoms with Gasteiger partial charge in [0.2, 0.25) is 0 Å². The molecule has 0 bridgehead atoms. The van der Waals surface area contributed by atoms with Gasteiger partial charge in [-0.1, -0.05) is 11.6 Å². The van der Waals surface area contributed by atoms with Crippen molar-refractivity contribution in [3.05, 3.63) is 59.1 Å². The number of ether oxygens (including phenoxy) is 1. The van der Waals surface area contributed by atoms with Crippen LogP contribution in [0.2, 0.25) is 5.02 Å². The molecular formula is C22H26ClN3O3. The minimum Gasteiger partial charge on any atom is -0.481 e. The molecule has 2 aromatic carbocycles. The van der Waals surface area contributed by atoms with E-state index < -0.39 is 6.10 Å². The summed E-state index contributed by atoms with van der Waals surface area (Å²) in [5.41, 5.74) is 1.23. The van der Waals surface area contributed by atoms with Crippen LogP contribution in [0.1, 0.15) is 30.1 Å². The quantitative estimate of drug-likeness (QED) is 0.756. The Hall–Kier alpha value is -2.57. The zero-order chi connectivity index (χ0) is 20.8. The minimum absolute atomic E-state index is 0.0837. The monoisotopic (exact) mass is 415 g/mol. The van der Waals surface area contributed by atoms with Gasteiger partial charge in [-0.2, -0.15) is 0 Å². The van der Waals surface area contributed by atoms with Crippen molar-refractivity contribution in [3.63, 3.8) is 0 Å². The van der Waals surface area contributed by atoms with Crippen molar-refractivity contribution in [1.29, 1.82) is 0 Å². The van der Waals surface area contributed by atoms with Gasteiger partial charge in [0.15, 0.2) is 6.10 Å².